The van der Waals surface area contributed by atoms with E-state index in [-0.39, 0.29) is 18.2 Å². The monoisotopic (exact) mass is 332 g/mol. The lowest BCUT2D eigenvalue weighted by atomic mass is 10.2. The van der Waals surface area contributed by atoms with Crippen LogP contribution in [0.4, 0.5) is 0 Å². The Balaban J connectivity index is 1.97. The van der Waals surface area contributed by atoms with Crippen molar-refractivity contribution in [2.24, 2.45) is 10.2 Å². The van der Waals surface area contributed by atoms with E-state index in [1.54, 1.807) is 24.3 Å². The second kappa shape index (κ2) is 7.95. The van der Waals surface area contributed by atoms with Crippen molar-refractivity contribution in [1.29, 1.82) is 5.26 Å². The number of nitrogens with zero attached hydrogens (tertiary/aromatic N) is 3. The highest BCUT2D eigenvalue weighted by Gasteiger charge is 2.32. The summed E-state index contributed by atoms with van der Waals surface area (Å²) in [4.78, 5) is 22.1. The fourth-order valence-electron chi connectivity index (χ4n) is 1.69. The van der Waals surface area contributed by atoms with Crippen LogP contribution >= 0.6 is 11.8 Å². The van der Waals surface area contributed by atoms with E-state index in [0.29, 0.717) is 11.3 Å². The molecule has 8 nitrogen and oxygen atoms in total. The number of hydrogen-bond acceptors (Lipinski definition) is 7. The number of nitriles is 1. The number of amides is 1. The number of amidine groups is 1. The Bertz CT molecular complexity index is 711. The maximum atomic E-state index is 11.5. The fraction of sp³-hybridized carbons (Fsp3) is 0.214. The highest BCUT2D eigenvalue weighted by atomic mass is 32.2. The summed E-state index contributed by atoms with van der Waals surface area (Å²) in [6, 6.07) is 8.80. The quantitative estimate of drug-likeness (QED) is 0.591. The average Bonchev–Trinajstić information content (AvgIpc) is 2.85. The van der Waals surface area contributed by atoms with Crippen molar-refractivity contribution in [3.8, 4) is 11.8 Å². The van der Waals surface area contributed by atoms with Crippen LogP contribution in [0.15, 0.2) is 34.5 Å². The van der Waals surface area contributed by atoms with Crippen LogP contribution in [0.5, 0.6) is 5.75 Å². The first kappa shape index (κ1) is 16.5. The standard InChI is InChI=1S/C14H12N4O4S/c15-4-5-22-10-3-1-2-9(6-10)8-16-18-14-17-13(21)11(23-14)7-12(19)20/h1-3,6,8,11H,5,7H2,(H,19,20)(H,17,18,21). The Labute approximate surface area is 135 Å². The molecule has 0 saturated carbocycles. The summed E-state index contributed by atoms with van der Waals surface area (Å²) >= 11 is 1.03. The number of carboxylic acids is 1. The topological polar surface area (TPSA) is 124 Å². The molecule has 1 unspecified atom stereocenters. The van der Waals surface area contributed by atoms with Crippen molar-refractivity contribution < 1.29 is 19.4 Å². The van der Waals surface area contributed by atoms with Gasteiger partial charge in [-0.25, -0.2) is 0 Å². The number of carbonyl (C=O) groups is 2. The largest absolute Gasteiger partial charge is 0.481 e. The van der Waals surface area contributed by atoms with Gasteiger partial charge in [0.2, 0.25) is 5.91 Å². The smallest absolute Gasteiger partial charge is 0.305 e. The van der Waals surface area contributed by atoms with Crippen LogP contribution in [0, 0.1) is 11.3 Å². The van der Waals surface area contributed by atoms with Gasteiger partial charge in [-0.15, -0.1) is 5.10 Å². The Kier molecular flexibility index (Phi) is 5.71. The van der Waals surface area contributed by atoms with Crippen molar-refractivity contribution in [2.75, 3.05) is 6.61 Å². The molecule has 118 valence electrons. The van der Waals surface area contributed by atoms with Gasteiger partial charge in [-0.1, -0.05) is 23.9 Å². The molecule has 9 heteroatoms. The summed E-state index contributed by atoms with van der Waals surface area (Å²) in [5.74, 6) is -0.900. The van der Waals surface area contributed by atoms with E-state index in [2.05, 4.69) is 15.5 Å². The molecule has 1 aromatic carbocycles. The van der Waals surface area contributed by atoms with Gasteiger partial charge in [0.25, 0.3) is 0 Å². The Hall–Kier alpha value is -2.86. The number of nitrogens with one attached hydrogen (secondary N) is 1. The summed E-state index contributed by atoms with van der Waals surface area (Å²) in [5.41, 5.74) is 0.709. The highest BCUT2D eigenvalue weighted by Crippen LogP contribution is 2.22. The SMILES string of the molecule is N#CCOc1cccc(C=NN=C2NC(=O)C(CC(=O)O)S2)c1. The van der Waals surface area contributed by atoms with Crippen molar-refractivity contribution in [1.82, 2.24) is 5.32 Å². The Morgan fingerprint density at radius 2 is 2.39 bits per heavy atom. The minimum absolute atomic E-state index is 0.0451. The molecular weight excluding hydrogens is 320 g/mol. The summed E-state index contributed by atoms with van der Waals surface area (Å²) in [7, 11) is 0. The zero-order valence-electron chi connectivity index (χ0n) is 11.8. The first-order chi connectivity index (χ1) is 11.1. The second-order valence-electron chi connectivity index (χ2n) is 4.36. The second-order valence-corrected chi connectivity index (χ2v) is 5.55. The minimum atomic E-state index is -1.04. The fourth-order valence-corrected chi connectivity index (χ4v) is 2.61. The number of ether oxygens (including phenoxy) is 1. The third kappa shape index (κ3) is 5.12. The summed E-state index contributed by atoms with van der Waals surface area (Å²) in [5, 5.41) is 26.9. The number of hydrogen-bond donors (Lipinski definition) is 2. The molecule has 23 heavy (non-hydrogen) atoms. The van der Waals surface area contributed by atoms with Gasteiger partial charge in [0, 0.05) is 0 Å². The van der Waals surface area contributed by atoms with Gasteiger partial charge in [-0.3, -0.25) is 9.59 Å². The van der Waals surface area contributed by atoms with E-state index in [1.165, 1.54) is 6.21 Å². The van der Waals surface area contributed by atoms with E-state index >= 15 is 0 Å². The molecule has 1 aliphatic heterocycles. The first-order valence-corrected chi connectivity index (χ1v) is 7.36. The molecule has 1 aliphatic rings. The maximum Gasteiger partial charge on any atom is 0.305 e. The first-order valence-electron chi connectivity index (χ1n) is 6.48. The van der Waals surface area contributed by atoms with Gasteiger partial charge in [-0.2, -0.15) is 10.4 Å². The summed E-state index contributed by atoms with van der Waals surface area (Å²) in [6.07, 6.45) is 1.20. The van der Waals surface area contributed by atoms with Crippen molar-refractivity contribution in [3.63, 3.8) is 0 Å². The molecule has 1 aromatic rings. The number of aliphatic carboxylic acids is 1. The molecule has 0 aromatic heterocycles. The highest BCUT2D eigenvalue weighted by molar-refractivity contribution is 8.15. The van der Waals surface area contributed by atoms with E-state index in [9.17, 15) is 9.59 Å². The van der Waals surface area contributed by atoms with Gasteiger partial charge < -0.3 is 15.2 Å². The third-order valence-corrected chi connectivity index (χ3v) is 3.73. The van der Waals surface area contributed by atoms with E-state index in [1.807, 2.05) is 6.07 Å². The van der Waals surface area contributed by atoms with Crippen LogP contribution in [0.1, 0.15) is 12.0 Å². The molecule has 1 amide bonds. The molecule has 0 radical (unpaired) electrons. The molecule has 1 fully saturated rings. The lowest BCUT2D eigenvalue weighted by Crippen LogP contribution is -2.26. The van der Waals surface area contributed by atoms with Gasteiger partial charge >= 0.3 is 5.97 Å². The van der Waals surface area contributed by atoms with Crippen LogP contribution in [-0.2, 0) is 9.59 Å². The number of thioether (sulfide) groups is 1. The number of carbonyl (C=O) groups excluding carboxylic acids is 1. The molecule has 1 heterocycles. The summed E-state index contributed by atoms with van der Waals surface area (Å²) < 4.78 is 5.17. The normalized spacial score (nSPS) is 18.8. The van der Waals surface area contributed by atoms with Crippen molar-refractivity contribution in [3.05, 3.63) is 29.8 Å². The van der Waals surface area contributed by atoms with Crippen LogP contribution in [0.2, 0.25) is 0 Å². The summed E-state index contributed by atoms with van der Waals surface area (Å²) in [6.45, 7) is -0.0451. The molecule has 2 N–H and O–H groups in total. The van der Waals surface area contributed by atoms with Crippen molar-refractivity contribution in [2.45, 2.75) is 11.7 Å². The van der Waals surface area contributed by atoms with Crippen molar-refractivity contribution >= 4 is 35.0 Å². The number of benzene rings is 1. The predicted octanol–water partition coefficient (Wildman–Crippen LogP) is 0.985. The van der Waals surface area contributed by atoms with Gasteiger partial charge in [0.15, 0.2) is 11.8 Å². The number of rotatable bonds is 6. The van der Waals surface area contributed by atoms with Gasteiger partial charge in [0.1, 0.15) is 17.1 Å². The lowest BCUT2D eigenvalue weighted by molar-refractivity contribution is -0.138. The van der Waals surface area contributed by atoms with Gasteiger partial charge in [-0.05, 0) is 17.7 Å². The zero-order chi connectivity index (χ0) is 16.7. The predicted molar refractivity (Wildman–Crippen MR) is 84.4 cm³/mol. The van der Waals surface area contributed by atoms with Crippen LogP contribution in [0.25, 0.3) is 0 Å². The Morgan fingerprint density at radius 3 is 3.13 bits per heavy atom. The van der Waals surface area contributed by atoms with Crippen LogP contribution < -0.4 is 10.1 Å². The van der Waals surface area contributed by atoms with E-state index in [0.717, 1.165) is 11.8 Å². The molecule has 0 bridgehead atoms. The average molecular weight is 332 g/mol. The van der Waals surface area contributed by atoms with Crippen LogP contribution in [0.3, 0.4) is 0 Å². The molecular formula is C14H12N4O4S. The van der Waals surface area contributed by atoms with Crippen LogP contribution in [-0.4, -0.2) is 40.2 Å². The molecule has 0 spiro atoms. The Morgan fingerprint density at radius 1 is 1.57 bits per heavy atom. The lowest BCUT2D eigenvalue weighted by Gasteiger charge is -2.01. The number of carboxylic acid groups (broad SMARTS) is 1. The molecule has 2 rings (SSSR count). The van der Waals surface area contributed by atoms with Gasteiger partial charge in [0.05, 0.1) is 12.6 Å². The third-order valence-electron chi connectivity index (χ3n) is 2.65. The molecule has 1 saturated heterocycles. The minimum Gasteiger partial charge on any atom is -0.481 e. The zero-order valence-corrected chi connectivity index (χ0v) is 12.6. The molecule has 1 atom stereocenters. The van der Waals surface area contributed by atoms with E-state index < -0.39 is 17.1 Å². The molecule has 0 aliphatic carbocycles. The van der Waals surface area contributed by atoms with E-state index in [4.69, 9.17) is 15.1 Å². The maximum absolute atomic E-state index is 11.5.